The Morgan fingerprint density at radius 1 is 1.21 bits per heavy atom. The largest absolute Gasteiger partial charge is 0.392 e. The van der Waals surface area contributed by atoms with E-state index in [1.807, 2.05) is 30.3 Å². The van der Waals surface area contributed by atoms with E-state index in [-0.39, 0.29) is 6.42 Å². The zero-order valence-electron chi connectivity index (χ0n) is 7.82. The zero-order chi connectivity index (χ0) is 10.2. The van der Waals surface area contributed by atoms with Crippen molar-refractivity contribution in [1.82, 2.24) is 0 Å². The third kappa shape index (κ3) is 1.21. The topological polar surface area (TPSA) is 43.4 Å². The average Bonchev–Trinajstić information content (AvgIpc) is 2.43. The molecule has 1 aromatic carbocycles. The van der Waals surface area contributed by atoms with Crippen LogP contribution in [0.3, 0.4) is 0 Å². The summed E-state index contributed by atoms with van der Waals surface area (Å²) in [6.07, 6.45) is 0.135. The van der Waals surface area contributed by atoms with Crippen LogP contribution in [0.2, 0.25) is 0 Å². The first-order valence-electron chi connectivity index (χ1n) is 4.43. The van der Waals surface area contributed by atoms with Crippen LogP contribution in [0.5, 0.6) is 0 Å². The number of esters is 2. The van der Waals surface area contributed by atoms with Gasteiger partial charge >= 0.3 is 11.9 Å². The van der Waals surface area contributed by atoms with Crippen molar-refractivity contribution in [3.05, 3.63) is 35.9 Å². The number of benzene rings is 1. The standard InChI is InChI=1S/C11H10O3/c1-11(7-9(12)14-10(11)13)8-5-3-2-4-6-8/h2-6H,7H2,1H3/t11-/m0/s1. The van der Waals surface area contributed by atoms with E-state index in [1.54, 1.807) is 6.92 Å². The highest BCUT2D eigenvalue weighted by atomic mass is 16.6. The minimum atomic E-state index is -0.793. The molecule has 1 atom stereocenters. The third-order valence-electron chi connectivity index (χ3n) is 2.57. The molecule has 2 rings (SSSR count). The van der Waals surface area contributed by atoms with E-state index >= 15 is 0 Å². The maximum atomic E-state index is 11.5. The third-order valence-corrected chi connectivity index (χ3v) is 2.57. The molecule has 1 aliphatic rings. The molecule has 3 heteroatoms. The van der Waals surface area contributed by atoms with Crippen molar-refractivity contribution < 1.29 is 14.3 Å². The van der Waals surface area contributed by atoms with Gasteiger partial charge in [0.05, 0.1) is 6.42 Å². The Bertz CT molecular complexity index is 383. The van der Waals surface area contributed by atoms with Crippen LogP contribution < -0.4 is 0 Å². The van der Waals surface area contributed by atoms with Gasteiger partial charge in [0.15, 0.2) is 0 Å². The maximum absolute atomic E-state index is 11.5. The maximum Gasteiger partial charge on any atom is 0.324 e. The normalized spacial score (nSPS) is 26.4. The van der Waals surface area contributed by atoms with Gasteiger partial charge in [0.1, 0.15) is 5.41 Å². The molecular formula is C11H10O3. The fourth-order valence-corrected chi connectivity index (χ4v) is 1.64. The number of hydrogen-bond donors (Lipinski definition) is 0. The van der Waals surface area contributed by atoms with E-state index in [1.165, 1.54) is 0 Å². The Labute approximate surface area is 81.7 Å². The van der Waals surface area contributed by atoms with Crippen molar-refractivity contribution in [3.63, 3.8) is 0 Å². The molecule has 1 heterocycles. The smallest absolute Gasteiger partial charge is 0.324 e. The molecule has 0 spiro atoms. The van der Waals surface area contributed by atoms with Crippen molar-refractivity contribution in [2.75, 3.05) is 0 Å². The lowest BCUT2D eigenvalue weighted by molar-refractivity contribution is -0.153. The average molecular weight is 190 g/mol. The Hall–Kier alpha value is -1.64. The summed E-state index contributed by atoms with van der Waals surface area (Å²) in [5.41, 5.74) is 0.0362. The van der Waals surface area contributed by atoms with Crippen LogP contribution in [0, 0.1) is 0 Å². The highest BCUT2D eigenvalue weighted by Gasteiger charge is 2.46. The summed E-state index contributed by atoms with van der Waals surface area (Å²) in [5.74, 6) is -0.893. The van der Waals surface area contributed by atoms with Crippen LogP contribution in [-0.2, 0) is 19.7 Å². The lowest BCUT2D eigenvalue weighted by Crippen LogP contribution is -2.27. The van der Waals surface area contributed by atoms with Gasteiger partial charge in [0, 0.05) is 0 Å². The molecule has 0 saturated carbocycles. The molecule has 0 unspecified atom stereocenters. The Kier molecular flexibility index (Phi) is 1.88. The van der Waals surface area contributed by atoms with E-state index in [9.17, 15) is 9.59 Å². The molecule has 0 amide bonds. The second kappa shape index (κ2) is 2.94. The van der Waals surface area contributed by atoms with Gasteiger partial charge in [-0.25, -0.2) is 0 Å². The quantitative estimate of drug-likeness (QED) is 0.497. The van der Waals surface area contributed by atoms with E-state index in [2.05, 4.69) is 4.74 Å². The molecule has 3 nitrogen and oxygen atoms in total. The molecule has 0 bridgehead atoms. The lowest BCUT2D eigenvalue weighted by atomic mass is 9.81. The SMILES string of the molecule is C[C@@]1(c2ccccc2)CC(=O)OC1=O. The van der Waals surface area contributed by atoms with Gasteiger partial charge in [-0.2, -0.15) is 0 Å². The van der Waals surface area contributed by atoms with Gasteiger partial charge in [-0.15, -0.1) is 0 Å². The Morgan fingerprint density at radius 2 is 1.86 bits per heavy atom. The molecule has 0 aliphatic carbocycles. The molecule has 1 aliphatic heterocycles. The summed E-state index contributed by atoms with van der Waals surface area (Å²) >= 11 is 0. The zero-order valence-corrected chi connectivity index (χ0v) is 7.82. The number of rotatable bonds is 1. The van der Waals surface area contributed by atoms with Crippen molar-refractivity contribution in [3.8, 4) is 0 Å². The molecule has 14 heavy (non-hydrogen) atoms. The van der Waals surface area contributed by atoms with Gasteiger partial charge in [0.2, 0.25) is 0 Å². The fourth-order valence-electron chi connectivity index (χ4n) is 1.64. The van der Waals surface area contributed by atoms with Crippen LogP contribution in [0.4, 0.5) is 0 Å². The van der Waals surface area contributed by atoms with E-state index in [0.717, 1.165) is 5.56 Å². The minimum absolute atomic E-state index is 0.135. The Balaban J connectivity index is 2.43. The molecular weight excluding hydrogens is 180 g/mol. The van der Waals surface area contributed by atoms with Crippen molar-refractivity contribution in [2.45, 2.75) is 18.8 Å². The van der Waals surface area contributed by atoms with E-state index in [4.69, 9.17) is 0 Å². The highest BCUT2D eigenvalue weighted by Crippen LogP contribution is 2.34. The van der Waals surface area contributed by atoms with Gasteiger partial charge < -0.3 is 4.74 Å². The highest BCUT2D eigenvalue weighted by molar-refractivity contribution is 6.00. The molecule has 0 aromatic heterocycles. The number of cyclic esters (lactones) is 2. The molecule has 72 valence electrons. The van der Waals surface area contributed by atoms with Gasteiger partial charge in [-0.3, -0.25) is 9.59 Å². The number of carbonyl (C=O) groups is 2. The lowest BCUT2D eigenvalue weighted by Gasteiger charge is -2.17. The van der Waals surface area contributed by atoms with Crippen LogP contribution in [0.1, 0.15) is 18.9 Å². The van der Waals surface area contributed by atoms with Crippen LogP contribution in [-0.4, -0.2) is 11.9 Å². The van der Waals surface area contributed by atoms with Crippen molar-refractivity contribution in [2.24, 2.45) is 0 Å². The first-order valence-corrected chi connectivity index (χ1v) is 4.43. The van der Waals surface area contributed by atoms with Crippen LogP contribution in [0.25, 0.3) is 0 Å². The molecule has 1 saturated heterocycles. The van der Waals surface area contributed by atoms with Crippen molar-refractivity contribution >= 4 is 11.9 Å². The van der Waals surface area contributed by atoms with Gasteiger partial charge in [-0.05, 0) is 12.5 Å². The second-order valence-electron chi connectivity index (χ2n) is 3.64. The van der Waals surface area contributed by atoms with E-state index in [0.29, 0.717) is 0 Å². The van der Waals surface area contributed by atoms with Crippen molar-refractivity contribution in [1.29, 1.82) is 0 Å². The number of carbonyl (C=O) groups excluding carboxylic acids is 2. The summed E-state index contributed by atoms with van der Waals surface area (Å²) in [4.78, 5) is 22.5. The fraction of sp³-hybridized carbons (Fsp3) is 0.273. The molecule has 0 N–H and O–H groups in total. The number of ether oxygens (including phenoxy) is 1. The molecule has 1 fully saturated rings. The summed E-state index contributed by atoms with van der Waals surface area (Å²) in [6.45, 7) is 1.73. The monoisotopic (exact) mass is 190 g/mol. The van der Waals surface area contributed by atoms with E-state index < -0.39 is 17.4 Å². The summed E-state index contributed by atoms with van der Waals surface area (Å²) in [6, 6.07) is 9.22. The summed E-state index contributed by atoms with van der Waals surface area (Å²) in [7, 11) is 0. The predicted octanol–water partition coefficient (Wildman–Crippen LogP) is 1.42. The predicted molar refractivity (Wildman–Crippen MR) is 49.5 cm³/mol. The van der Waals surface area contributed by atoms with Crippen LogP contribution >= 0.6 is 0 Å². The summed E-state index contributed by atoms with van der Waals surface area (Å²) < 4.78 is 4.55. The van der Waals surface area contributed by atoms with Crippen LogP contribution in [0.15, 0.2) is 30.3 Å². The molecule has 1 aromatic rings. The summed E-state index contributed by atoms with van der Waals surface area (Å²) in [5, 5.41) is 0. The minimum Gasteiger partial charge on any atom is -0.392 e. The number of hydrogen-bond acceptors (Lipinski definition) is 3. The Morgan fingerprint density at radius 3 is 2.36 bits per heavy atom. The van der Waals surface area contributed by atoms with Gasteiger partial charge in [0.25, 0.3) is 0 Å². The first kappa shape index (κ1) is 8.94. The van der Waals surface area contributed by atoms with Gasteiger partial charge in [-0.1, -0.05) is 30.3 Å². The second-order valence-corrected chi connectivity index (χ2v) is 3.64. The molecule has 0 radical (unpaired) electrons. The first-order chi connectivity index (χ1) is 6.63.